The molecule has 0 spiro atoms. The molecule has 0 radical (unpaired) electrons. The van der Waals surface area contributed by atoms with E-state index in [1.807, 2.05) is 0 Å². The Labute approximate surface area is 82.4 Å². The predicted octanol–water partition coefficient (Wildman–Crippen LogP) is 1.66. The molecule has 0 amide bonds. The average Bonchev–Trinajstić information content (AvgIpc) is 2.02. The van der Waals surface area contributed by atoms with Crippen LogP contribution in [0.1, 0.15) is 0 Å². The first-order valence-electron chi connectivity index (χ1n) is 3.94. The maximum Gasteiger partial charge on any atom is 0.544 e. The van der Waals surface area contributed by atoms with Gasteiger partial charge in [0.05, 0.1) is 0 Å². The summed E-state index contributed by atoms with van der Waals surface area (Å²) < 4.78 is 20.6. The Hall–Kier alpha value is -0.870. The Balaban J connectivity index is 2.64. The van der Waals surface area contributed by atoms with E-state index in [1.165, 1.54) is 14.1 Å². The van der Waals surface area contributed by atoms with Crippen molar-refractivity contribution in [2.75, 3.05) is 14.1 Å². The molecule has 1 atom stereocenters. The lowest BCUT2D eigenvalue weighted by Gasteiger charge is -2.15. The van der Waals surface area contributed by atoms with Gasteiger partial charge in [-0.15, -0.1) is 0 Å². The lowest BCUT2D eigenvalue weighted by atomic mass is 10.3. The van der Waals surface area contributed by atoms with Crippen molar-refractivity contribution in [3.63, 3.8) is 0 Å². The first-order valence-corrected chi connectivity index (χ1v) is 5.43. The summed E-state index contributed by atoms with van der Waals surface area (Å²) in [6, 6.07) is 8.32. The third kappa shape index (κ3) is 3.89. The highest BCUT2D eigenvalue weighted by Gasteiger charge is 2.24. The van der Waals surface area contributed by atoms with Gasteiger partial charge in [0.2, 0.25) is 0 Å². The molecule has 0 saturated carbocycles. The van der Waals surface area contributed by atoms with Crippen molar-refractivity contribution in [1.82, 2.24) is 5.06 Å². The smallest absolute Gasteiger partial charge is 0.403 e. The summed E-state index contributed by atoms with van der Waals surface area (Å²) in [6.45, 7) is 0. The summed E-state index contributed by atoms with van der Waals surface area (Å²) >= 11 is 0. The highest BCUT2D eigenvalue weighted by Crippen LogP contribution is 2.43. The van der Waals surface area contributed by atoms with E-state index in [9.17, 15) is 9.46 Å². The van der Waals surface area contributed by atoms with E-state index >= 15 is 0 Å². The van der Waals surface area contributed by atoms with E-state index in [1.54, 1.807) is 30.3 Å². The van der Waals surface area contributed by atoms with E-state index in [0.717, 1.165) is 5.06 Å². The molecule has 0 fully saturated rings. The van der Waals surface area contributed by atoms with E-state index < -0.39 is 7.82 Å². The molecule has 0 heterocycles. The lowest BCUT2D eigenvalue weighted by molar-refractivity contribution is -0.0306. The maximum absolute atomic E-state index is 11.3. The van der Waals surface area contributed by atoms with Crippen LogP contribution < -0.4 is 4.52 Å². The number of para-hydroxylation sites is 1. The third-order valence-electron chi connectivity index (χ3n) is 1.23. The van der Waals surface area contributed by atoms with Crippen molar-refractivity contribution < 1.29 is 18.6 Å². The van der Waals surface area contributed by atoms with Gasteiger partial charge >= 0.3 is 7.82 Å². The molecule has 0 saturated heterocycles. The Morgan fingerprint density at radius 3 is 2.36 bits per heavy atom. The Morgan fingerprint density at radius 1 is 1.29 bits per heavy atom. The maximum atomic E-state index is 11.3. The molecule has 0 bridgehead atoms. The predicted molar refractivity (Wildman–Crippen MR) is 51.7 cm³/mol. The fourth-order valence-electron chi connectivity index (χ4n) is 0.838. The number of hydroxylamine groups is 2. The fourth-order valence-corrected chi connectivity index (χ4v) is 1.67. The molecule has 5 nitrogen and oxygen atoms in total. The average molecular weight is 217 g/mol. The Kier molecular flexibility index (Phi) is 3.66. The molecule has 0 aliphatic heterocycles. The number of benzene rings is 1. The van der Waals surface area contributed by atoms with Crippen LogP contribution in [0, 0.1) is 0 Å². The van der Waals surface area contributed by atoms with Crippen LogP contribution in [0.15, 0.2) is 30.3 Å². The molecule has 1 unspecified atom stereocenters. The summed E-state index contributed by atoms with van der Waals surface area (Å²) in [6.07, 6.45) is 0. The standard InChI is InChI=1S/C8H12NO4P/c1-9(2)13-14(10,11)12-8-6-4-3-5-7-8/h3-7H,1-2H3,(H,10,11). The second kappa shape index (κ2) is 4.57. The topological polar surface area (TPSA) is 59.0 Å². The number of phosphoric acid groups is 1. The van der Waals surface area contributed by atoms with Crippen LogP contribution in [0.3, 0.4) is 0 Å². The molecule has 6 heteroatoms. The second-order valence-corrected chi connectivity index (χ2v) is 4.05. The van der Waals surface area contributed by atoms with Crippen LogP contribution in [-0.4, -0.2) is 24.1 Å². The number of hydrogen-bond donors (Lipinski definition) is 1. The molecule has 78 valence electrons. The summed E-state index contributed by atoms with van der Waals surface area (Å²) in [4.78, 5) is 9.21. The van der Waals surface area contributed by atoms with Crippen molar-refractivity contribution in [3.05, 3.63) is 30.3 Å². The first-order chi connectivity index (χ1) is 6.49. The normalized spacial score (nSPS) is 15.1. The molecule has 1 N–H and O–H groups in total. The zero-order valence-electron chi connectivity index (χ0n) is 7.95. The van der Waals surface area contributed by atoms with Crippen molar-refractivity contribution in [3.8, 4) is 5.75 Å². The van der Waals surface area contributed by atoms with Gasteiger partial charge in [0, 0.05) is 14.1 Å². The molecule has 1 rings (SSSR count). The van der Waals surface area contributed by atoms with Crippen LogP contribution in [0.4, 0.5) is 0 Å². The first kappa shape index (κ1) is 11.2. The van der Waals surface area contributed by atoms with Crippen molar-refractivity contribution in [2.24, 2.45) is 0 Å². The quantitative estimate of drug-likeness (QED) is 0.613. The summed E-state index contributed by atoms with van der Waals surface area (Å²) in [5.41, 5.74) is 0. The molecule has 0 aliphatic rings. The van der Waals surface area contributed by atoms with Gasteiger partial charge < -0.3 is 4.52 Å². The van der Waals surface area contributed by atoms with Crippen LogP contribution in [0.25, 0.3) is 0 Å². The van der Waals surface area contributed by atoms with Gasteiger partial charge in [-0.1, -0.05) is 18.2 Å². The monoisotopic (exact) mass is 217 g/mol. The van der Waals surface area contributed by atoms with Gasteiger partial charge in [0.15, 0.2) is 0 Å². The number of phosphoric ester groups is 1. The number of rotatable bonds is 4. The van der Waals surface area contributed by atoms with E-state index in [2.05, 4.69) is 4.62 Å². The molecule has 14 heavy (non-hydrogen) atoms. The SMILES string of the molecule is CN(C)OP(=O)(O)Oc1ccccc1. The molecule has 1 aromatic carbocycles. The van der Waals surface area contributed by atoms with Crippen LogP contribution in [-0.2, 0) is 9.19 Å². The molecular weight excluding hydrogens is 205 g/mol. The molecular formula is C8H12NO4P. The fraction of sp³-hybridized carbons (Fsp3) is 0.250. The Bertz CT molecular complexity index is 327. The summed E-state index contributed by atoms with van der Waals surface area (Å²) in [5, 5.41) is 1.11. The van der Waals surface area contributed by atoms with E-state index in [4.69, 9.17) is 4.52 Å². The summed E-state index contributed by atoms with van der Waals surface area (Å²) in [5.74, 6) is 0.292. The van der Waals surface area contributed by atoms with E-state index in [-0.39, 0.29) is 0 Å². The minimum absolute atomic E-state index is 0.292. The van der Waals surface area contributed by atoms with Gasteiger partial charge in [-0.2, -0.15) is 9.69 Å². The minimum Gasteiger partial charge on any atom is -0.403 e. The number of hydrogen-bond acceptors (Lipinski definition) is 4. The molecule has 0 aliphatic carbocycles. The van der Waals surface area contributed by atoms with Crippen molar-refractivity contribution >= 4 is 7.82 Å². The zero-order valence-corrected chi connectivity index (χ0v) is 8.85. The van der Waals surface area contributed by atoms with Gasteiger partial charge in [-0.25, -0.2) is 4.57 Å². The Morgan fingerprint density at radius 2 is 1.86 bits per heavy atom. The van der Waals surface area contributed by atoms with Crippen LogP contribution in [0.5, 0.6) is 5.75 Å². The van der Waals surface area contributed by atoms with Crippen molar-refractivity contribution in [1.29, 1.82) is 0 Å². The van der Waals surface area contributed by atoms with Crippen LogP contribution in [0.2, 0.25) is 0 Å². The second-order valence-electron chi connectivity index (χ2n) is 2.77. The van der Waals surface area contributed by atoms with Crippen LogP contribution >= 0.6 is 7.82 Å². The molecule has 1 aromatic rings. The third-order valence-corrected chi connectivity index (χ3v) is 2.20. The van der Waals surface area contributed by atoms with Gasteiger partial charge in [0.1, 0.15) is 5.75 Å². The van der Waals surface area contributed by atoms with Crippen molar-refractivity contribution in [2.45, 2.75) is 0 Å². The summed E-state index contributed by atoms with van der Waals surface area (Å²) in [7, 11) is -1.05. The molecule has 0 aromatic heterocycles. The largest absolute Gasteiger partial charge is 0.544 e. The van der Waals surface area contributed by atoms with Gasteiger partial charge in [-0.3, -0.25) is 4.89 Å². The highest BCUT2D eigenvalue weighted by atomic mass is 31.2. The number of nitrogens with zero attached hydrogens (tertiary/aromatic N) is 1. The highest BCUT2D eigenvalue weighted by molar-refractivity contribution is 7.47. The minimum atomic E-state index is -4.04. The van der Waals surface area contributed by atoms with Gasteiger partial charge in [0.25, 0.3) is 0 Å². The zero-order chi connectivity index (χ0) is 10.6. The van der Waals surface area contributed by atoms with Gasteiger partial charge in [-0.05, 0) is 12.1 Å². The lowest BCUT2D eigenvalue weighted by Crippen LogP contribution is -2.12. The van der Waals surface area contributed by atoms with E-state index in [0.29, 0.717) is 5.75 Å².